The van der Waals surface area contributed by atoms with Crippen LogP contribution in [0, 0.1) is 6.92 Å². The zero-order valence-corrected chi connectivity index (χ0v) is 13.7. The van der Waals surface area contributed by atoms with Crippen LogP contribution in [0.5, 0.6) is 0 Å². The molecule has 0 fully saturated rings. The van der Waals surface area contributed by atoms with Gasteiger partial charge in [-0.05, 0) is 26.0 Å². The van der Waals surface area contributed by atoms with E-state index in [0.717, 1.165) is 18.0 Å². The van der Waals surface area contributed by atoms with Crippen LogP contribution in [0.15, 0.2) is 33.9 Å². The number of aryl methyl sites for hydroxylation is 1. The van der Waals surface area contributed by atoms with Crippen molar-refractivity contribution in [2.75, 3.05) is 13.1 Å². The maximum Gasteiger partial charge on any atom is 0.228 e. The largest absolute Gasteiger partial charge is 0.357 e. The summed E-state index contributed by atoms with van der Waals surface area (Å²) in [6.07, 6.45) is 2.57. The van der Waals surface area contributed by atoms with E-state index < -0.39 is 0 Å². The summed E-state index contributed by atoms with van der Waals surface area (Å²) in [6, 6.07) is 5.79. The summed E-state index contributed by atoms with van der Waals surface area (Å²) >= 11 is 0. The van der Waals surface area contributed by atoms with Crippen molar-refractivity contribution in [3.8, 4) is 0 Å². The van der Waals surface area contributed by atoms with Gasteiger partial charge in [0, 0.05) is 25.7 Å². The lowest BCUT2D eigenvalue weighted by atomic mass is 10.4. The molecule has 0 radical (unpaired) electrons. The number of guanidine groups is 1. The van der Waals surface area contributed by atoms with Gasteiger partial charge in [0.1, 0.15) is 6.54 Å². The van der Waals surface area contributed by atoms with Crippen molar-refractivity contribution >= 4 is 11.6 Å². The third-order valence-electron chi connectivity index (χ3n) is 3.31. The number of aliphatic imine (C=N–C) groups is 1. The van der Waals surface area contributed by atoms with Gasteiger partial charge in [-0.25, -0.2) is 4.99 Å². The van der Waals surface area contributed by atoms with E-state index in [1.807, 2.05) is 35.7 Å². The zero-order valence-electron chi connectivity index (χ0n) is 13.7. The van der Waals surface area contributed by atoms with E-state index in [1.54, 1.807) is 6.92 Å². The molecule has 126 valence electrons. The second-order valence-electron chi connectivity index (χ2n) is 5.15. The quantitative estimate of drug-likeness (QED) is 0.507. The van der Waals surface area contributed by atoms with Crippen LogP contribution in [0.25, 0.3) is 5.65 Å². The van der Waals surface area contributed by atoms with Crippen LogP contribution in [0.1, 0.15) is 24.5 Å². The van der Waals surface area contributed by atoms with E-state index in [4.69, 9.17) is 4.52 Å². The van der Waals surface area contributed by atoms with Crippen molar-refractivity contribution in [2.45, 2.75) is 26.8 Å². The van der Waals surface area contributed by atoms with Crippen molar-refractivity contribution in [1.29, 1.82) is 0 Å². The maximum atomic E-state index is 5.09. The molecule has 0 amide bonds. The molecule has 0 saturated carbocycles. The summed E-state index contributed by atoms with van der Waals surface area (Å²) in [6.45, 7) is 5.67. The number of aromatic nitrogens is 5. The Bertz CT molecular complexity index is 822. The summed E-state index contributed by atoms with van der Waals surface area (Å²) in [4.78, 5) is 8.72. The minimum atomic E-state index is 0.431. The van der Waals surface area contributed by atoms with E-state index in [2.05, 4.69) is 36.0 Å². The smallest absolute Gasteiger partial charge is 0.228 e. The average molecular weight is 328 g/mol. The average Bonchev–Trinajstić information content (AvgIpc) is 3.19. The highest BCUT2D eigenvalue weighted by atomic mass is 16.5. The van der Waals surface area contributed by atoms with Gasteiger partial charge in [0.25, 0.3) is 0 Å². The molecule has 0 spiro atoms. The fourth-order valence-corrected chi connectivity index (χ4v) is 2.22. The van der Waals surface area contributed by atoms with Crippen molar-refractivity contribution in [2.24, 2.45) is 4.99 Å². The molecule has 3 rings (SSSR count). The van der Waals surface area contributed by atoms with Gasteiger partial charge in [-0.2, -0.15) is 4.98 Å². The first kappa shape index (κ1) is 15.9. The normalized spacial score (nSPS) is 11.8. The predicted molar refractivity (Wildman–Crippen MR) is 88.5 cm³/mol. The van der Waals surface area contributed by atoms with Crippen molar-refractivity contribution in [3.05, 3.63) is 41.9 Å². The van der Waals surface area contributed by atoms with Gasteiger partial charge in [0.15, 0.2) is 23.3 Å². The van der Waals surface area contributed by atoms with Gasteiger partial charge < -0.3 is 15.2 Å². The van der Waals surface area contributed by atoms with Gasteiger partial charge in [-0.15, -0.1) is 10.2 Å². The highest BCUT2D eigenvalue weighted by Crippen LogP contribution is 2.03. The van der Waals surface area contributed by atoms with Crippen LogP contribution in [0.3, 0.4) is 0 Å². The van der Waals surface area contributed by atoms with Crippen LogP contribution in [-0.4, -0.2) is 43.8 Å². The topological polar surface area (TPSA) is 106 Å². The Hall–Kier alpha value is -2.97. The molecule has 0 atom stereocenters. The molecule has 0 unspecified atom stereocenters. The number of hydrogen-bond donors (Lipinski definition) is 2. The number of rotatable bonds is 6. The Morgan fingerprint density at radius 3 is 3.00 bits per heavy atom. The van der Waals surface area contributed by atoms with E-state index in [-0.39, 0.29) is 0 Å². The molecular formula is C15H20N8O. The fraction of sp³-hybridized carbons (Fsp3) is 0.400. The number of fused-ring (bicyclic) bond motifs is 1. The van der Waals surface area contributed by atoms with Crippen LogP contribution in [0.4, 0.5) is 0 Å². The molecule has 9 nitrogen and oxygen atoms in total. The Labute approximate surface area is 139 Å². The van der Waals surface area contributed by atoms with Crippen LogP contribution < -0.4 is 10.6 Å². The first-order chi connectivity index (χ1) is 11.8. The third kappa shape index (κ3) is 3.86. The van der Waals surface area contributed by atoms with Crippen molar-refractivity contribution in [3.63, 3.8) is 0 Å². The molecule has 3 aromatic heterocycles. The lowest BCUT2D eigenvalue weighted by Gasteiger charge is -2.09. The summed E-state index contributed by atoms with van der Waals surface area (Å²) in [7, 11) is 0. The van der Waals surface area contributed by atoms with Crippen LogP contribution in [0.2, 0.25) is 0 Å². The molecule has 0 bridgehead atoms. The lowest BCUT2D eigenvalue weighted by molar-refractivity contribution is 0.374. The molecule has 0 saturated heterocycles. The highest BCUT2D eigenvalue weighted by Gasteiger charge is 2.06. The van der Waals surface area contributed by atoms with E-state index in [0.29, 0.717) is 37.2 Å². The van der Waals surface area contributed by atoms with Gasteiger partial charge in [-0.1, -0.05) is 11.2 Å². The van der Waals surface area contributed by atoms with Crippen molar-refractivity contribution in [1.82, 2.24) is 35.4 Å². The molecule has 0 aliphatic carbocycles. The number of hydrogen-bond acceptors (Lipinski definition) is 6. The predicted octanol–water partition coefficient (Wildman–Crippen LogP) is 0.719. The molecule has 0 aliphatic heterocycles. The van der Waals surface area contributed by atoms with Crippen molar-refractivity contribution < 1.29 is 4.52 Å². The molecule has 24 heavy (non-hydrogen) atoms. The summed E-state index contributed by atoms with van der Waals surface area (Å²) in [5.74, 6) is 2.75. The van der Waals surface area contributed by atoms with E-state index in [1.165, 1.54) is 0 Å². The first-order valence-corrected chi connectivity index (χ1v) is 7.86. The monoisotopic (exact) mass is 328 g/mol. The first-order valence-electron chi connectivity index (χ1n) is 7.86. The second-order valence-corrected chi connectivity index (χ2v) is 5.15. The Morgan fingerprint density at radius 2 is 2.21 bits per heavy atom. The molecule has 3 aromatic rings. The highest BCUT2D eigenvalue weighted by molar-refractivity contribution is 5.79. The molecule has 2 N–H and O–H groups in total. The van der Waals surface area contributed by atoms with Crippen LogP contribution >= 0.6 is 0 Å². The maximum absolute atomic E-state index is 5.09. The van der Waals surface area contributed by atoms with Gasteiger partial charge >= 0.3 is 0 Å². The van der Waals surface area contributed by atoms with Gasteiger partial charge in [-0.3, -0.25) is 4.40 Å². The molecular weight excluding hydrogens is 308 g/mol. The summed E-state index contributed by atoms with van der Waals surface area (Å²) in [5.41, 5.74) is 0.812. The van der Waals surface area contributed by atoms with E-state index >= 15 is 0 Å². The van der Waals surface area contributed by atoms with Crippen LogP contribution in [-0.2, 0) is 13.0 Å². The number of nitrogens with one attached hydrogen (secondary N) is 2. The fourth-order valence-electron chi connectivity index (χ4n) is 2.22. The third-order valence-corrected chi connectivity index (χ3v) is 3.31. The molecule has 0 aliphatic rings. The summed E-state index contributed by atoms with van der Waals surface area (Å²) < 4.78 is 7.02. The van der Waals surface area contributed by atoms with Gasteiger partial charge in [0.05, 0.1) is 0 Å². The number of pyridine rings is 1. The molecule has 9 heteroatoms. The summed E-state index contributed by atoms with van der Waals surface area (Å²) in [5, 5.41) is 18.5. The van der Waals surface area contributed by atoms with Gasteiger partial charge in [0.2, 0.25) is 5.89 Å². The SMILES string of the molecule is CCNC(=NCc1nnc2ccccn12)NCCc1nc(C)no1. The second kappa shape index (κ2) is 7.53. The Balaban J connectivity index is 1.60. The Kier molecular flexibility index (Phi) is 4.99. The Morgan fingerprint density at radius 1 is 1.29 bits per heavy atom. The standard InChI is InChI=1S/C15H20N8O/c1-3-16-15(17-8-7-14-19-11(2)22-24-14)18-10-13-21-20-12-6-4-5-9-23(12)13/h4-6,9H,3,7-8,10H2,1-2H3,(H2,16,17,18). The molecule has 3 heterocycles. The molecule has 0 aromatic carbocycles. The minimum Gasteiger partial charge on any atom is -0.357 e. The minimum absolute atomic E-state index is 0.431. The number of nitrogens with zero attached hydrogens (tertiary/aromatic N) is 6. The zero-order chi connectivity index (χ0) is 16.8. The lowest BCUT2D eigenvalue weighted by Crippen LogP contribution is -2.38. The van der Waals surface area contributed by atoms with E-state index in [9.17, 15) is 0 Å².